The van der Waals surface area contributed by atoms with Crippen molar-refractivity contribution in [2.24, 2.45) is 0 Å². The number of hydrogen-bond donors (Lipinski definition) is 1. The fraction of sp³-hybridized carbons (Fsp3) is 0.667. The van der Waals surface area contributed by atoms with Crippen LogP contribution < -0.4 is 9.47 Å². The quantitative estimate of drug-likeness (QED) is 0.778. The van der Waals surface area contributed by atoms with Crippen LogP contribution in [0.5, 0.6) is 11.5 Å². The summed E-state index contributed by atoms with van der Waals surface area (Å²) in [6.45, 7) is 7.03. The summed E-state index contributed by atoms with van der Waals surface area (Å²) >= 11 is 0. The Morgan fingerprint density at radius 3 is 2.54 bits per heavy atom. The summed E-state index contributed by atoms with van der Waals surface area (Å²) in [7, 11) is 3.25. The summed E-state index contributed by atoms with van der Waals surface area (Å²) in [5, 5.41) is 10.2. The van der Waals surface area contributed by atoms with Crippen molar-refractivity contribution in [3.63, 3.8) is 0 Å². The molecule has 0 saturated carbocycles. The third-order valence-electron chi connectivity index (χ3n) is 4.02. The smallest absolute Gasteiger partial charge is 0.124 e. The Balaban J connectivity index is 1.79. The zero-order valence-corrected chi connectivity index (χ0v) is 15.0. The van der Waals surface area contributed by atoms with Crippen LogP contribution in [-0.4, -0.2) is 68.8 Å². The third kappa shape index (κ3) is 5.63. The molecule has 1 fully saturated rings. The highest BCUT2D eigenvalue weighted by Crippen LogP contribution is 2.24. The Bertz CT molecular complexity index is 500. The first-order chi connectivity index (χ1) is 11.5. The highest BCUT2D eigenvalue weighted by Gasteiger charge is 2.23. The van der Waals surface area contributed by atoms with Gasteiger partial charge in [0.05, 0.1) is 45.7 Å². The monoisotopic (exact) mass is 339 g/mol. The second-order valence-electron chi connectivity index (χ2n) is 6.32. The van der Waals surface area contributed by atoms with Crippen molar-refractivity contribution < 1.29 is 24.1 Å². The van der Waals surface area contributed by atoms with Crippen LogP contribution in [0.15, 0.2) is 18.2 Å². The Kier molecular flexibility index (Phi) is 7.30. The summed E-state index contributed by atoms with van der Waals surface area (Å²) in [6.07, 6.45) is -0.134. The van der Waals surface area contributed by atoms with Crippen LogP contribution in [0.25, 0.3) is 0 Å². The molecule has 24 heavy (non-hydrogen) atoms. The van der Waals surface area contributed by atoms with Gasteiger partial charge in [-0.25, -0.2) is 0 Å². The normalized spacial score (nSPS) is 23.0. The largest absolute Gasteiger partial charge is 0.497 e. The van der Waals surface area contributed by atoms with Gasteiger partial charge in [0, 0.05) is 25.2 Å². The molecule has 3 atom stereocenters. The SMILES string of the molecule is COc1ccc(OC)c(COC[C@@H](O)CN2C[C@@H](C)O[C@H](C)C2)c1. The number of nitrogens with zero attached hydrogens (tertiary/aromatic N) is 1. The number of rotatable bonds is 8. The number of β-amino-alcohol motifs (C(OH)–C–C–N with tert-alkyl or cyclic N) is 1. The van der Waals surface area contributed by atoms with Crippen LogP contribution in [0.4, 0.5) is 0 Å². The van der Waals surface area contributed by atoms with E-state index in [9.17, 15) is 5.11 Å². The van der Waals surface area contributed by atoms with Gasteiger partial charge in [-0.3, -0.25) is 4.90 Å². The lowest BCUT2D eigenvalue weighted by atomic mass is 10.2. The standard InChI is InChI=1S/C18H29NO5/c1-13-8-19(9-14(2)24-13)10-16(20)12-23-11-15-7-17(21-3)5-6-18(15)22-4/h5-7,13-14,16,20H,8-12H2,1-4H3/t13-,14-,16+/m1/s1. The van der Waals surface area contributed by atoms with Crippen molar-refractivity contribution >= 4 is 0 Å². The van der Waals surface area contributed by atoms with Gasteiger partial charge in [0.25, 0.3) is 0 Å². The molecule has 1 aliphatic rings. The van der Waals surface area contributed by atoms with Crippen molar-refractivity contribution in [3.05, 3.63) is 23.8 Å². The fourth-order valence-electron chi connectivity index (χ4n) is 3.08. The van der Waals surface area contributed by atoms with Gasteiger partial charge in [-0.05, 0) is 32.0 Å². The van der Waals surface area contributed by atoms with E-state index in [-0.39, 0.29) is 18.8 Å². The summed E-state index contributed by atoms with van der Waals surface area (Å²) in [6, 6.07) is 5.58. The third-order valence-corrected chi connectivity index (χ3v) is 4.02. The molecule has 0 bridgehead atoms. The van der Waals surface area contributed by atoms with Gasteiger partial charge < -0.3 is 24.1 Å². The second kappa shape index (κ2) is 9.22. The Morgan fingerprint density at radius 1 is 1.21 bits per heavy atom. The number of aliphatic hydroxyl groups is 1. The van der Waals surface area contributed by atoms with Crippen LogP contribution in [0.2, 0.25) is 0 Å². The van der Waals surface area contributed by atoms with E-state index >= 15 is 0 Å². The molecule has 1 N–H and O–H groups in total. The molecular formula is C18H29NO5. The van der Waals surface area contributed by atoms with E-state index in [1.54, 1.807) is 14.2 Å². The molecule has 0 unspecified atom stereocenters. The van der Waals surface area contributed by atoms with Gasteiger partial charge >= 0.3 is 0 Å². The van der Waals surface area contributed by atoms with Crippen LogP contribution >= 0.6 is 0 Å². The second-order valence-corrected chi connectivity index (χ2v) is 6.32. The summed E-state index contributed by atoms with van der Waals surface area (Å²) in [4.78, 5) is 2.22. The molecule has 0 aliphatic carbocycles. The van der Waals surface area contributed by atoms with E-state index in [2.05, 4.69) is 18.7 Å². The first-order valence-corrected chi connectivity index (χ1v) is 8.36. The van der Waals surface area contributed by atoms with E-state index in [1.807, 2.05) is 18.2 Å². The molecular weight excluding hydrogens is 310 g/mol. The molecule has 1 aliphatic heterocycles. The number of morpholine rings is 1. The van der Waals surface area contributed by atoms with E-state index in [1.165, 1.54) is 0 Å². The summed E-state index contributed by atoms with van der Waals surface area (Å²) in [5.41, 5.74) is 0.901. The molecule has 6 nitrogen and oxygen atoms in total. The van der Waals surface area contributed by atoms with Crippen LogP contribution in [0.1, 0.15) is 19.4 Å². The van der Waals surface area contributed by atoms with Crippen LogP contribution in [-0.2, 0) is 16.1 Å². The van der Waals surface area contributed by atoms with Crippen molar-refractivity contribution in [3.8, 4) is 11.5 Å². The molecule has 1 saturated heterocycles. The maximum Gasteiger partial charge on any atom is 0.124 e. The van der Waals surface area contributed by atoms with Crippen LogP contribution in [0.3, 0.4) is 0 Å². The van der Waals surface area contributed by atoms with Crippen molar-refractivity contribution in [2.75, 3.05) is 40.5 Å². The molecule has 1 heterocycles. The molecule has 0 radical (unpaired) electrons. The summed E-state index contributed by atoms with van der Waals surface area (Å²) in [5.74, 6) is 1.51. The first-order valence-electron chi connectivity index (χ1n) is 8.36. The van der Waals surface area contributed by atoms with Gasteiger partial charge in [-0.1, -0.05) is 0 Å². The Labute approximate surface area is 144 Å². The van der Waals surface area contributed by atoms with E-state index in [4.69, 9.17) is 18.9 Å². The van der Waals surface area contributed by atoms with E-state index in [0.717, 1.165) is 30.2 Å². The minimum absolute atomic E-state index is 0.197. The van der Waals surface area contributed by atoms with E-state index in [0.29, 0.717) is 13.2 Å². The minimum Gasteiger partial charge on any atom is -0.497 e. The minimum atomic E-state index is -0.529. The topological polar surface area (TPSA) is 60.4 Å². The molecule has 0 amide bonds. The van der Waals surface area contributed by atoms with Gasteiger partial charge in [-0.2, -0.15) is 0 Å². The average Bonchev–Trinajstić information content (AvgIpc) is 2.53. The Morgan fingerprint density at radius 2 is 1.92 bits per heavy atom. The molecule has 0 aromatic heterocycles. The molecule has 0 spiro atoms. The van der Waals surface area contributed by atoms with Gasteiger partial charge in [0.1, 0.15) is 11.5 Å². The van der Waals surface area contributed by atoms with Gasteiger partial charge in [0.2, 0.25) is 0 Å². The van der Waals surface area contributed by atoms with Crippen LogP contribution in [0, 0.1) is 0 Å². The van der Waals surface area contributed by atoms with Crippen molar-refractivity contribution in [1.29, 1.82) is 0 Å². The number of hydrogen-bond acceptors (Lipinski definition) is 6. The number of aliphatic hydroxyl groups excluding tert-OH is 1. The predicted molar refractivity (Wildman–Crippen MR) is 91.7 cm³/mol. The average molecular weight is 339 g/mol. The molecule has 1 aromatic carbocycles. The predicted octanol–water partition coefficient (Wildman–Crippen LogP) is 1.69. The number of ether oxygens (including phenoxy) is 4. The van der Waals surface area contributed by atoms with E-state index < -0.39 is 6.10 Å². The fourth-order valence-corrected chi connectivity index (χ4v) is 3.08. The number of methoxy groups -OCH3 is 2. The molecule has 1 aromatic rings. The van der Waals surface area contributed by atoms with Crippen molar-refractivity contribution in [2.45, 2.75) is 38.8 Å². The maximum absolute atomic E-state index is 10.2. The molecule has 136 valence electrons. The highest BCUT2D eigenvalue weighted by atomic mass is 16.5. The first kappa shape index (κ1) is 19.0. The summed E-state index contributed by atoms with van der Waals surface area (Å²) < 4.78 is 21.9. The zero-order valence-electron chi connectivity index (χ0n) is 15.0. The van der Waals surface area contributed by atoms with Gasteiger partial charge in [0.15, 0.2) is 0 Å². The zero-order chi connectivity index (χ0) is 17.5. The highest BCUT2D eigenvalue weighted by molar-refractivity contribution is 5.39. The maximum atomic E-state index is 10.2. The lowest BCUT2D eigenvalue weighted by Crippen LogP contribution is -2.48. The lowest BCUT2D eigenvalue weighted by molar-refractivity contribution is -0.0826. The molecule has 2 rings (SSSR count). The van der Waals surface area contributed by atoms with Crippen molar-refractivity contribution in [1.82, 2.24) is 4.90 Å². The van der Waals surface area contributed by atoms with Gasteiger partial charge in [-0.15, -0.1) is 0 Å². The molecule has 6 heteroatoms. The lowest BCUT2D eigenvalue weighted by Gasteiger charge is -2.36. The number of benzene rings is 1. The Hall–Kier alpha value is -1.34.